The molecular formula is C14H21ClN2O2. The van der Waals surface area contributed by atoms with Gasteiger partial charge in [0.15, 0.2) is 0 Å². The first kappa shape index (κ1) is 16.0. The van der Waals surface area contributed by atoms with Crippen LogP contribution >= 0.6 is 11.6 Å². The monoisotopic (exact) mass is 284 g/mol. The number of methoxy groups -OCH3 is 1. The summed E-state index contributed by atoms with van der Waals surface area (Å²) in [6, 6.07) is 7.36. The zero-order chi connectivity index (χ0) is 14.1. The van der Waals surface area contributed by atoms with Crippen molar-refractivity contribution in [2.75, 3.05) is 40.4 Å². The highest BCUT2D eigenvalue weighted by atomic mass is 35.5. The summed E-state index contributed by atoms with van der Waals surface area (Å²) in [5.74, 6) is 0.0161. The maximum Gasteiger partial charge on any atom is 0.224 e. The normalized spacial score (nSPS) is 10.7. The van der Waals surface area contributed by atoms with Gasteiger partial charge in [-0.3, -0.25) is 4.79 Å². The van der Waals surface area contributed by atoms with E-state index in [4.69, 9.17) is 16.3 Å². The Bertz CT molecular complexity index is 399. The number of hydrogen-bond donors (Lipinski definition) is 1. The molecule has 0 bridgehead atoms. The summed E-state index contributed by atoms with van der Waals surface area (Å²) in [5, 5.41) is 3.55. The molecule has 0 aromatic heterocycles. The molecule has 0 atom stereocenters. The van der Waals surface area contributed by atoms with Crippen LogP contribution in [0.25, 0.3) is 0 Å². The lowest BCUT2D eigenvalue weighted by Gasteiger charge is -2.16. The van der Waals surface area contributed by atoms with Gasteiger partial charge in [-0.2, -0.15) is 0 Å². The summed E-state index contributed by atoms with van der Waals surface area (Å²) in [5.41, 5.74) is 0.928. The molecule has 0 unspecified atom stereocenters. The van der Waals surface area contributed by atoms with Gasteiger partial charge in [-0.1, -0.05) is 23.7 Å². The predicted molar refractivity (Wildman–Crippen MR) is 77.5 cm³/mol. The molecule has 1 aromatic carbocycles. The molecule has 0 aliphatic carbocycles. The molecule has 0 saturated carbocycles. The number of carbonyl (C=O) groups excluding carboxylic acids is 1. The molecule has 0 fully saturated rings. The lowest BCUT2D eigenvalue weighted by molar-refractivity contribution is -0.120. The van der Waals surface area contributed by atoms with Gasteiger partial charge in [0.2, 0.25) is 5.91 Å². The van der Waals surface area contributed by atoms with E-state index in [1.165, 1.54) is 0 Å². The highest BCUT2D eigenvalue weighted by molar-refractivity contribution is 6.30. The van der Waals surface area contributed by atoms with Gasteiger partial charge in [-0.25, -0.2) is 0 Å². The van der Waals surface area contributed by atoms with Crippen molar-refractivity contribution < 1.29 is 9.53 Å². The second-order valence-electron chi connectivity index (χ2n) is 4.45. The molecule has 5 heteroatoms. The van der Waals surface area contributed by atoms with Crippen LogP contribution in [0.4, 0.5) is 0 Å². The van der Waals surface area contributed by atoms with Gasteiger partial charge in [0, 0.05) is 31.8 Å². The summed E-state index contributed by atoms with van der Waals surface area (Å²) in [7, 11) is 3.68. The van der Waals surface area contributed by atoms with E-state index in [2.05, 4.69) is 10.2 Å². The minimum absolute atomic E-state index is 0.0161. The SMILES string of the molecule is COCCN(C)CCNC(=O)Cc1cccc(Cl)c1. The first-order valence-corrected chi connectivity index (χ1v) is 6.68. The molecular weight excluding hydrogens is 264 g/mol. The summed E-state index contributed by atoms with van der Waals surface area (Å²) in [6.07, 6.45) is 0.363. The molecule has 106 valence electrons. The van der Waals surface area contributed by atoms with Crippen LogP contribution in [0, 0.1) is 0 Å². The number of rotatable bonds is 8. The van der Waals surface area contributed by atoms with E-state index in [1.807, 2.05) is 25.2 Å². The number of carbonyl (C=O) groups is 1. The van der Waals surface area contributed by atoms with Crippen LogP contribution < -0.4 is 5.32 Å². The smallest absolute Gasteiger partial charge is 0.224 e. The van der Waals surface area contributed by atoms with Crippen molar-refractivity contribution in [3.63, 3.8) is 0 Å². The van der Waals surface area contributed by atoms with Crippen LogP contribution in [0.2, 0.25) is 5.02 Å². The number of nitrogens with one attached hydrogen (secondary N) is 1. The third kappa shape index (κ3) is 7.15. The number of nitrogens with zero attached hydrogens (tertiary/aromatic N) is 1. The lowest BCUT2D eigenvalue weighted by Crippen LogP contribution is -2.35. The van der Waals surface area contributed by atoms with Crippen LogP contribution in [0.1, 0.15) is 5.56 Å². The Kier molecular flexibility index (Phi) is 7.48. The molecule has 0 saturated heterocycles. The minimum atomic E-state index is 0.0161. The van der Waals surface area contributed by atoms with E-state index in [0.29, 0.717) is 24.6 Å². The standard InChI is InChI=1S/C14H21ClN2O2/c1-17(8-9-19-2)7-6-16-14(18)11-12-4-3-5-13(15)10-12/h3-5,10H,6-9,11H2,1-2H3,(H,16,18). The van der Waals surface area contributed by atoms with Crippen molar-refractivity contribution >= 4 is 17.5 Å². The molecule has 1 rings (SSSR count). The van der Waals surface area contributed by atoms with Crippen molar-refractivity contribution in [2.24, 2.45) is 0 Å². The van der Waals surface area contributed by atoms with Gasteiger partial charge in [-0.15, -0.1) is 0 Å². The Labute approximate surface area is 119 Å². The lowest BCUT2D eigenvalue weighted by atomic mass is 10.1. The van der Waals surface area contributed by atoms with Gasteiger partial charge in [-0.05, 0) is 24.7 Å². The van der Waals surface area contributed by atoms with Crippen LogP contribution in [0.5, 0.6) is 0 Å². The van der Waals surface area contributed by atoms with Crippen LogP contribution in [0.3, 0.4) is 0 Å². The molecule has 0 aliphatic rings. The van der Waals surface area contributed by atoms with Crippen LogP contribution in [-0.4, -0.2) is 51.2 Å². The quantitative estimate of drug-likeness (QED) is 0.788. The fourth-order valence-electron chi connectivity index (χ4n) is 1.64. The summed E-state index contributed by atoms with van der Waals surface area (Å²) in [4.78, 5) is 13.8. The number of ether oxygens (including phenoxy) is 1. The minimum Gasteiger partial charge on any atom is -0.383 e. The molecule has 19 heavy (non-hydrogen) atoms. The molecule has 1 N–H and O–H groups in total. The third-order valence-electron chi connectivity index (χ3n) is 2.75. The second-order valence-corrected chi connectivity index (χ2v) is 4.89. The van der Waals surface area contributed by atoms with Crippen LogP contribution in [-0.2, 0) is 16.0 Å². The highest BCUT2D eigenvalue weighted by Crippen LogP contribution is 2.10. The Hall–Kier alpha value is -1.10. The first-order chi connectivity index (χ1) is 9.11. The summed E-state index contributed by atoms with van der Waals surface area (Å²) >= 11 is 5.87. The summed E-state index contributed by atoms with van der Waals surface area (Å²) < 4.78 is 4.99. The average molecular weight is 285 g/mol. The third-order valence-corrected chi connectivity index (χ3v) is 2.98. The van der Waals surface area contributed by atoms with Crippen LogP contribution in [0.15, 0.2) is 24.3 Å². The molecule has 0 aliphatic heterocycles. The average Bonchev–Trinajstić information content (AvgIpc) is 2.36. The number of hydrogen-bond acceptors (Lipinski definition) is 3. The second kappa shape index (κ2) is 8.91. The maximum absolute atomic E-state index is 11.7. The van der Waals surface area contributed by atoms with Crippen molar-refractivity contribution in [1.29, 1.82) is 0 Å². The van der Waals surface area contributed by atoms with Crippen molar-refractivity contribution in [1.82, 2.24) is 10.2 Å². The molecule has 4 nitrogen and oxygen atoms in total. The Morgan fingerprint density at radius 2 is 2.21 bits per heavy atom. The van der Waals surface area contributed by atoms with Gasteiger partial charge in [0.05, 0.1) is 13.0 Å². The van der Waals surface area contributed by atoms with E-state index in [9.17, 15) is 4.79 Å². The van der Waals surface area contributed by atoms with E-state index >= 15 is 0 Å². The molecule has 1 amide bonds. The van der Waals surface area contributed by atoms with Gasteiger partial charge in [0.1, 0.15) is 0 Å². The zero-order valence-electron chi connectivity index (χ0n) is 11.5. The van der Waals surface area contributed by atoms with Gasteiger partial charge >= 0.3 is 0 Å². The van der Waals surface area contributed by atoms with E-state index < -0.39 is 0 Å². The topological polar surface area (TPSA) is 41.6 Å². The Balaban J connectivity index is 2.21. The zero-order valence-corrected chi connectivity index (χ0v) is 12.2. The summed E-state index contributed by atoms with van der Waals surface area (Å²) in [6.45, 7) is 3.01. The molecule has 0 spiro atoms. The van der Waals surface area contributed by atoms with Gasteiger partial charge in [0.25, 0.3) is 0 Å². The van der Waals surface area contributed by atoms with E-state index in [-0.39, 0.29) is 5.91 Å². The largest absolute Gasteiger partial charge is 0.383 e. The number of halogens is 1. The molecule has 0 radical (unpaired) electrons. The number of amides is 1. The fraction of sp³-hybridized carbons (Fsp3) is 0.500. The highest BCUT2D eigenvalue weighted by Gasteiger charge is 2.04. The van der Waals surface area contributed by atoms with E-state index in [1.54, 1.807) is 13.2 Å². The number of benzene rings is 1. The maximum atomic E-state index is 11.7. The first-order valence-electron chi connectivity index (χ1n) is 6.30. The van der Waals surface area contributed by atoms with Crippen molar-refractivity contribution in [3.05, 3.63) is 34.9 Å². The van der Waals surface area contributed by atoms with E-state index in [0.717, 1.165) is 18.7 Å². The number of likely N-dealkylation sites (N-methyl/N-ethyl adjacent to an activating group) is 1. The predicted octanol–water partition coefficient (Wildman–Crippen LogP) is 1.58. The molecule has 0 heterocycles. The van der Waals surface area contributed by atoms with Crippen molar-refractivity contribution in [2.45, 2.75) is 6.42 Å². The van der Waals surface area contributed by atoms with Crippen molar-refractivity contribution in [3.8, 4) is 0 Å². The fourth-order valence-corrected chi connectivity index (χ4v) is 1.85. The van der Waals surface area contributed by atoms with Gasteiger partial charge < -0.3 is 15.0 Å². The Morgan fingerprint density at radius 3 is 2.89 bits per heavy atom. The molecule has 1 aromatic rings. The Morgan fingerprint density at radius 1 is 1.42 bits per heavy atom.